The molecule has 0 bridgehead atoms. The Hall–Kier alpha value is -0.680. The van der Waals surface area contributed by atoms with E-state index in [1.807, 2.05) is 0 Å². The molecule has 0 amide bonds. The maximum atomic E-state index is 12.1. The van der Waals surface area contributed by atoms with Crippen LogP contribution in [-0.4, -0.2) is 21.0 Å². The molecule has 0 aromatic heterocycles. The second kappa shape index (κ2) is 6.66. The maximum Gasteiger partial charge on any atom is 0.336 e. The highest BCUT2D eigenvalue weighted by Crippen LogP contribution is 2.23. The van der Waals surface area contributed by atoms with Gasteiger partial charge >= 0.3 is 5.97 Å². The van der Waals surface area contributed by atoms with Gasteiger partial charge in [-0.2, -0.15) is 0 Å². The van der Waals surface area contributed by atoms with Crippen molar-refractivity contribution in [3.63, 3.8) is 0 Å². The van der Waals surface area contributed by atoms with E-state index < -0.39 is 16.8 Å². The Bertz CT molecular complexity index is 492. The standard InChI is InChI=1S/C14H19BrO3S/c1-14(2,3)7-4-8-19(18)10-5-6-12(15)11(9-10)13(16)17/h5-6,9H,4,7-8H2,1-3H3,(H,16,17). The summed E-state index contributed by atoms with van der Waals surface area (Å²) >= 11 is 3.18. The number of hydrogen-bond donors (Lipinski definition) is 1. The number of hydrogen-bond acceptors (Lipinski definition) is 2. The number of aromatic carboxylic acids is 1. The number of benzene rings is 1. The first-order chi connectivity index (χ1) is 8.70. The molecule has 0 aliphatic rings. The van der Waals surface area contributed by atoms with Crippen molar-refractivity contribution in [1.29, 1.82) is 0 Å². The van der Waals surface area contributed by atoms with Crippen molar-refractivity contribution in [1.82, 2.24) is 0 Å². The van der Waals surface area contributed by atoms with Gasteiger partial charge in [0.2, 0.25) is 0 Å². The lowest BCUT2D eigenvalue weighted by atomic mass is 9.91. The second-order valence-electron chi connectivity index (χ2n) is 5.66. The number of rotatable bonds is 5. The smallest absolute Gasteiger partial charge is 0.336 e. The van der Waals surface area contributed by atoms with Crippen LogP contribution in [0.5, 0.6) is 0 Å². The fourth-order valence-electron chi connectivity index (χ4n) is 1.66. The molecule has 1 rings (SSSR count). The minimum absolute atomic E-state index is 0.154. The second-order valence-corrected chi connectivity index (χ2v) is 8.09. The molecule has 0 heterocycles. The molecule has 0 saturated heterocycles. The minimum atomic E-state index is -1.14. The van der Waals surface area contributed by atoms with Gasteiger partial charge in [0.15, 0.2) is 0 Å². The van der Waals surface area contributed by atoms with Crippen LogP contribution in [0, 0.1) is 5.41 Å². The van der Waals surface area contributed by atoms with E-state index in [0.29, 0.717) is 15.1 Å². The number of halogens is 1. The fraction of sp³-hybridized carbons (Fsp3) is 0.500. The van der Waals surface area contributed by atoms with Gasteiger partial charge in [-0.1, -0.05) is 20.8 Å². The Balaban J connectivity index is 2.73. The first kappa shape index (κ1) is 16.4. The molecule has 3 nitrogen and oxygen atoms in total. The molecular weight excluding hydrogens is 328 g/mol. The predicted octanol–water partition coefficient (Wildman–Crippen LogP) is 4.08. The zero-order valence-electron chi connectivity index (χ0n) is 11.4. The third-order valence-electron chi connectivity index (χ3n) is 2.69. The van der Waals surface area contributed by atoms with Crippen LogP contribution in [0.2, 0.25) is 0 Å². The molecule has 1 aromatic carbocycles. The molecular formula is C14H19BrO3S. The Morgan fingerprint density at radius 1 is 1.37 bits per heavy atom. The van der Waals surface area contributed by atoms with Crippen LogP contribution >= 0.6 is 15.9 Å². The summed E-state index contributed by atoms with van der Waals surface area (Å²) in [6.07, 6.45) is 1.87. The number of carbonyl (C=O) groups is 1. The number of carboxylic acid groups (broad SMARTS) is 1. The fourth-order valence-corrected chi connectivity index (χ4v) is 3.19. The van der Waals surface area contributed by atoms with Gasteiger partial charge < -0.3 is 5.11 Å². The van der Waals surface area contributed by atoms with Crippen molar-refractivity contribution in [2.75, 3.05) is 5.75 Å². The van der Waals surface area contributed by atoms with E-state index in [-0.39, 0.29) is 11.0 Å². The zero-order valence-corrected chi connectivity index (χ0v) is 13.8. The molecule has 0 radical (unpaired) electrons. The Morgan fingerprint density at radius 2 is 2.00 bits per heavy atom. The monoisotopic (exact) mass is 346 g/mol. The van der Waals surface area contributed by atoms with Gasteiger partial charge in [0.05, 0.1) is 16.4 Å². The van der Waals surface area contributed by atoms with E-state index in [0.717, 1.165) is 12.8 Å². The Morgan fingerprint density at radius 3 is 2.53 bits per heavy atom. The van der Waals surface area contributed by atoms with E-state index in [2.05, 4.69) is 36.7 Å². The third kappa shape index (κ3) is 5.45. The summed E-state index contributed by atoms with van der Waals surface area (Å²) in [5.74, 6) is -0.446. The largest absolute Gasteiger partial charge is 0.478 e. The molecule has 1 unspecified atom stereocenters. The van der Waals surface area contributed by atoms with Crippen LogP contribution in [0.1, 0.15) is 44.0 Å². The summed E-state index contributed by atoms with van der Waals surface area (Å²) in [5, 5.41) is 9.03. The van der Waals surface area contributed by atoms with Gasteiger partial charge in [-0.3, -0.25) is 4.21 Å². The van der Waals surface area contributed by atoms with Gasteiger partial charge in [-0.15, -0.1) is 0 Å². The summed E-state index contributed by atoms with van der Waals surface area (Å²) in [5.41, 5.74) is 0.387. The van der Waals surface area contributed by atoms with Crippen LogP contribution in [0.25, 0.3) is 0 Å². The summed E-state index contributed by atoms with van der Waals surface area (Å²) in [7, 11) is -1.14. The first-order valence-electron chi connectivity index (χ1n) is 6.12. The molecule has 0 spiro atoms. The highest BCUT2D eigenvalue weighted by Gasteiger charge is 2.14. The molecule has 0 aliphatic heterocycles. The van der Waals surface area contributed by atoms with Crippen molar-refractivity contribution >= 4 is 32.7 Å². The summed E-state index contributed by atoms with van der Waals surface area (Å²) in [4.78, 5) is 11.6. The lowest BCUT2D eigenvalue weighted by molar-refractivity contribution is 0.0695. The van der Waals surface area contributed by atoms with Crippen molar-refractivity contribution in [3.8, 4) is 0 Å². The van der Waals surface area contributed by atoms with E-state index >= 15 is 0 Å². The summed E-state index contributed by atoms with van der Waals surface area (Å²) < 4.78 is 12.6. The average Bonchev–Trinajstić information content (AvgIpc) is 2.27. The summed E-state index contributed by atoms with van der Waals surface area (Å²) in [6, 6.07) is 4.84. The molecule has 1 atom stereocenters. The van der Waals surface area contributed by atoms with E-state index in [1.165, 1.54) is 6.07 Å². The molecule has 0 saturated carbocycles. The quantitative estimate of drug-likeness (QED) is 0.873. The van der Waals surface area contributed by atoms with Gasteiger partial charge in [0.25, 0.3) is 0 Å². The SMILES string of the molecule is CC(C)(C)CCCS(=O)c1ccc(Br)c(C(=O)O)c1. The summed E-state index contributed by atoms with van der Waals surface area (Å²) in [6.45, 7) is 6.45. The van der Waals surface area contributed by atoms with Gasteiger partial charge in [-0.05, 0) is 52.4 Å². The van der Waals surface area contributed by atoms with Crippen molar-refractivity contribution in [2.24, 2.45) is 5.41 Å². The van der Waals surface area contributed by atoms with E-state index in [9.17, 15) is 9.00 Å². The van der Waals surface area contributed by atoms with Crippen molar-refractivity contribution < 1.29 is 14.1 Å². The average molecular weight is 347 g/mol. The van der Waals surface area contributed by atoms with Gasteiger partial charge in [-0.25, -0.2) is 4.79 Å². The molecule has 1 aromatic rings. The van der Waals surface area contributed by atoms with Gasteiger partial charge in [0, 0.05) is 15.1 Å². The topological polar surface area (TPSA) is 54.4 Å². The van der Waals surface area contributed by atoms with Crippen LogP contribution in [0.4, 0.5) is 0 Å². The zero-order chi connectivity index (χ0) is 14.6. The highest BCUT2D eigenvalue weighted by atomic mass is 79.9. The molecule has 0 fully saturated rings. The van der Waals surface area contributed by atoms with Crippen LogP contribution in [0.15, 0.2) is 27.6 Å². The Labute approximate surface area is 125 Å². The maximum absolute atomic E-state index is 12.1. The molecule has 0 aliphatic carbocycles. The molecule has 106 valence electrons. The minimum Gasteiger partial charge on any atom is -0.478 e. The van der Waals surface area contributed by atoms with Crippen molar-refractivity contribution in [3.05, 3.63) is 28.2 Å². The highest BCUT2D eigenvalue weighted by molar-refractivity contribution is 9.10. The normalized spacial score (nSPS) is 13.3. The third-order valence-corrected chi connectivity index (χ3v) is 4.82. The lowest BCUT2D eigenvalue weighted by Crippen LogP contribution is -2.08. The predicted molar refractivity (Wildman–Crippen MR) is 81.1 cm³/mol. The van der Waals surface area contributed by atoms with Crippen LogP contribution < -0.4 is 0 Å². The van der Waals surface area contributed by atoms with Crippen LogP contribution in [-0.2, 0) is 10.8 Å². The lowest BCUT2D eigenvalue weighted by Gasteiger charge is -2.17. The molecule has 1 N–H and O–H groups in total. The Kier molecular flexibility index (Phi) is 5.74. The van der Waals surface area contributed by atoms with Crippen molar-refractivity contribution in [2.45, 2.75) is 38.5 Å². The molecule has 19 heavy (non-hydrogen) atoms. The first-order valence-corrected chi connectivity index (χ1v) is 8.23. The van der Waals surface area contributed by atoms with E-state index in [4.69, 9.17) is 5.11 Å². The van der Waals surface area contributed by atoms with E-state index in [1.54, 1.807) is 12.1 Å². The number of carboxylic acids is 1. The van der Waals surface area contributed by atoms with Crippen LogP contribution in [0.3, 0.4) is 0 Å². The molecule has 5 heteroatoms. The van der Waals surface area contributed by atoms with Gasteiger partial charge in [0.1, 0.15) is 0 Å².